The largest absolute Gasteiger partial charge is 0.573 e. The van der Waals surface area contributed by atoms with Gasteiger partial charge in [-0.25, -0.2) is 0 Å². The second-order valence-corrected chi connectivity index (χ2v) is 9.36. The fourth-order valence-electron chi connectivity index (χ4n) is 4.17. The number of alkyl halides is 3. The number of pyridine rings is 1. The molecule has 0 fully saturated rings. The number of rotatable bonds is 7. The van der Waals surface area contributed by atoms with Crippen LogP contribution >= 0.6 is 11.3 Å². The molecule has 5 rings (SSSR count). The molecule has 1 amide bonds. The third-order valence-corrected chi connectivity index (χ3v) is 7.00. The molecule has 0 aliphatic carbocycles. The van der Waals surface area contributed by atoms with Gasteiger partial charge in [-0.2, -0.15) is 0 Å². The van der Waals surface area contributed by atoms with Crippen LogP contribution in [-0.4, -0.2) is 17.3 Å². The summed E-state index contributed by atoms with van der Waals surface area (Å²) in [4.78, 5) is 20.4. The zero-order valence-electron chi connectivity index (χ0n) is 20.2. The predicted molar refractivity (Wildman–Crippen MR) is 144 cm³/mol. The lowest BCUT2D eigenvalue weighted by atomic mass is 10.1. The number of aryl methyl sites for hydroxylation is 1. The highest BCUT2D eigenvalue weighted by Gasteiger charge is 2.31. The summed E-state index contributed by atoms with van der Waals surface area (Å²) in [6.45, 7) is 2.41. The molecule has 0 radical (unpaired) electrons. The van der Waals surface area contributed by atoms with Gasteiger partial charge in [0, 0.05) is 29.5 Å². The van der Waals surface area contributed by atoms with Gasteiger partial charge in [0.1, 0.15) is 10.6 Å². The van der Waals surface area contributed by atoms with Crippen molar-refractivity contribution in [3.05, 3.63) is 113 Å². The highest BCUT2D eigenvalue weighted by atomic mass is 32.1. The summed E-state index contributed by atoms with van der Waals surface area (Å²) in [6.07, 6.45) is -3.04. The van der Waals surface area contributed by atoms with Gasteiger partial charge in [-0.1, -0.05) is 36.4 Å². The fourth-order valence-corrected chi connectivity index (χ4v) is 5.13. The first-order valence-electron chi connectivity index (χ1n) is 11.7. The van der Waals surface area contributed by atoms with Crippen LogP contribution < -0.4 is 15.0 Å². The summed E-state index contributed by atoms with van der Waals surface area (Å²) in [5.41, 5.74) is 4.54. The molecule has 0 atom stereocenters. The third kappa shape index (κ3) is 5.47. The molecule has 0 bridgehead atoms. The van der Waals surface area contributed by atoms with Crippen LogP contribution in [0.3, 0.4) is 0 Å². The lowest BCUT2D eigenvalue weighted by molar-refractivity contribution is -0.274. The standard InChI is InChI=1S/C29H22F3N3O2S/c1-19-18-38-27(26(19)34-17-20-15-16-33-25-10-6-5-9-24(20)25)28(36)35(21-7-3-2-4-8-21)22-11-13-23(14-12-22)37-29(30,31)32/h2-16,18,34H,17H2,1H3. The van der Waals surface area contributed by atoms with E-state index in [0.29, 0.717) is 28.5 Å². The summed E-state index contributed by atoms with van der Waals surface area (Å²) >= 11 is 1.31. The Hall–Kier alpha value is -4.37. The van der Waals surface area contributed by atoms with E-state index in [0.717, 1.165) is 22.0 Å². The maximum atomic E-state index is 14.0. The molecule has 2 aromatic heterocycles. The summed E-state index contributed by atoms with van der Waals surface area (Å²) in [6, 6.07) is 24.0. The second-order valence-electron chi connectivity index (χ2n) is 8.48. The Labute approximate surface area is 221 Å². The highest BCUT2D eigenvalue weighted by molar-refractivity contribution is 7.13. The Balaban J connectivity index is 1.47. The van der Waals surface area contributed by atoms with Gasteiger partial charge in [0.05, 0.1) is 11.2 Å². The number of nitrogens with one attached hydrogen (secondary N) is 1. The van der Waals surface area contributed by atoms with Crippen molar-refractivity contribution in [1.29, 1.82) is 0 Å². The Bertz CT molecular complexity index is 1560. The number of carbonyl (C=O) groups is 1. The number of amides is 1. The minimum Gasteiger partial charge on any atom is -0.406 e. The Morgan fingerprint density at radius 1 is 0.947 bits per heavy atom. The Kier molecular flexibility index (Phi) is 7.02. The van der Waals surface area contributed by atoms with E-state index in [-0.39, 0.29) is 11.7 Å². The average Bonchev–Trinajstić information content (AvgIpc) is 3.28. The zero-order chi connectivity index (χ0) is 26.7. The monoisotopic (exact) mass is 533 g/mol. The topological polar surface area (TPSA) is 54.5 Å². The molecule has 0 aliphatic rings. The van der Waals surface area contributed by atoms with Gasteiger partial charge in [-0.3, -0.25) is 14.7 Å². The number of carbonyl (C=O) groups excluding carboxylic acids is 1. The number of hydrogen-bond donors (Lipinski definition) is 1. The number of ether oxygens (including phenoxy) is 1. The smallest absolute Gasteiger partial charge is 0.406 e. The van der Waals surface area contributed by atoms with Crippen LogP contribution in [0.2, 0.25) is 0 Å². The van der Waals surface area contributed by atoms with E-state index >= 15 is 0 Å². The molecule has 192 valence electrons. The minimum absolute atomic E-state index is 0.305. The van der Waals surface area contributed by atoms with E-state index in [1.54, 1.807) is 30.5 Å². The van der Waals surface area contributed by atoms with Crippen molar-refractivity contribution < 1.29 is 22.7 Å². The predicted octanol–water partition coefficient (Wildman–Crippen LogP) is 8.09. The van der Waals surface area contributed by atoms with Crippen molar-refractivity contribution in [2.24, 2.45) is 0 Å². The molecular weight excluding hydrogens is 511 g/mol. The molecule has 1 N–H and O–H groups in total. The van der Waals surface area contributed by atoms with E-state index in [2.05, 4.69) is 15.0 Å². The molecule has 0 aliphatic heterocycles. The Morgan fingerprint density at radius 3 is 2.37 bits per heavy atom. The molecule has 2 heterocycles. The van der Waals surface area contributed by atoms with Gasteiger partial charge in [-0.15, -0.1) is 24.5 Å². The van der Waals surface area contributed by atoms with Crippen LogP contribution in [-0.2, 0) is 6.54 Å². The van der Waals surface area contributed by atoms with E-state index in [4.69, 9.17) is 0 Å². The second kappa shape index (κ2) is 10.5. The molecule has 0 spiro atoms. The number of halogens is 3. The van der Waals surface area contributed by atoms with Gasteiger partial charge in [0.15, 0.2) is 0 Å². The molecule has 5 aromatic rings. The van der Waals surface area contributed by atoms with E-state index in [1.165, 1.54) is 40.5 Å². The van der Waals surface area contributed by atoms with Crippen molar-refractivity contribution in [1.82, 2.24) is 4.98 Å². The van der Waals surface area contributed by atoms with Gasteiger partial charge in [0.2, 0.25) is 0 Å². The lowest BCUT2D eigenvalue weighted by Crippen LogP contribution is -2.26. The van der Waals surface area contributed by atoms with Crippen molar-refractivity contribution in [3.63, 3.8) is 0 Å². The number of thiophene rings is 1. The number of para-hydroxylation sites is 2. The highest BCUT2D eigenvalue weighted by Crippen LogP contribution is 2.35. The van der Waals surface area contributed by atoms with E-state index in [9.17, 15) is 18.0 Å². The number of fused-ring (bicyclic) bond motifs is 1. The minimum atomic E-state index is -4.80. The zero-order valence-corrected chi connectivity index (χ0v) is 21.0. The third-order valence-electron chi connectivity index (χ3n) is 5.91. The van der Waals surface area contributed by atoms with Crippen LogP contribution in [0.4, 0.5) is 30.2 Å². The first-order chi connectivity index (χ1) is 18.3. The lowest BCUT2D eigenvalue weighted by Gasteiger charge is -2.24. The van der Waals surface area contributed by atoms with Gasteiger partial charge >= 0.3 is 6.36 Å². The molecule has 3 aromatic carbocycles. The molecule has 0 saturated carbocycles. The van der Waals surface area contributed by atoms with E-state index < -0.39 is 6.36 Å². The van der Waals surface area contributed by atoms with E-state index in [1.807, 2.05) is 48.7 Å². The van der Waals surface area contributed by atoms with Gasteiger partial charge < -0.3 is 10.1 Å². The van der Waals surface area contributed by atoms with Crippen LogP contribution in [0, 0.1) is 6.92 Å². The number of aromatic nitrogens is 1. The fraction of sp³-hybridized carbons (Fsp3) is 0.103. The van der Waals surface area contributed by atoms with Crippen LogP contribution in [0.5, 0.6) is 5.75 Å². The first kappa shape index (κ1) is 25.3. The van der Waals surface area contributed by atoms with Crippen LogP contribution in [0.25, 0.3) is 10.9 Å². The molecule has 38 heavy (non-hydrogen) atoms. The maximum Gasteiger partial charge on any atom is 0.573 e. The molecule has 0 saturated heterocycles. The quantitative estimate of drug-likeness (QED) is 0.230. The summed E-state index contributed by atoms with van der Waals surface area (Å²) < 4.78 is 41.9. The first-order valence-corrected chi connectivity index (χ1v) is 12.6. The number of nitrogens with zero attached hydrogens (tertiary/aromatic N) is 2. The Morgan fingerprint density at radius 2 is 1.63 bits per heavy atom. The average molecular weight is 534 g/mol. The van der Waals surface area contributed by atoms with Crippen molar-refractivity contribution in [3.8, 4) is 5.75 Å². The molecule has 5 nitrogen and oxygen atoms in total. The van der Waals surface area contributed by atoms with Crippen LogP contribution in [0.1, 0.15) is 20.8 Å². The van der Waals surface area contributed by atoms with Crippen molar-refractivity contribution >= 4 is 45.2 Å². The molecule has 0 unspecified atom stereocenters. The number of hydrogen-bond acceptors (Lipinski definition) is 5. The van der Waals surface area contributed by atoms with Gasteiger partial charge in [-0.05, 0) is 72.0 Å². The summed E-state index contributed by atoms with van der Waals surface area (Å²) in [5.74, 6) is -0.665. The van der Waals surface area contributed by atoms with Crippen molar-refractivity contribution in [2.75, 3.05) is 10.2 Å². The normalized spacial score (nSPS) is 11.4. The summed E-state index contributed by atoms with van der Waals surface area (Å²) in [5, 5.41) is 6.36. The number of benzene rings is 3. The number of anilines is 3. The summed E-state index contributed by atoms with van der Waals surface area (Å²) in [7, 11) is 0. The van der Waals surface area contributed by atoms with Crippen LogP contribution in [0.15, 0.2) is 96.5 Å². The maximum absolute atomic E-state index is 14.0. The molecule has 9 heteroatoms. The molecular formula is C29H22F3N3O2S. The SMILES string of the molecule is Cc1csc(C(=O)N(c2ccccc2)c2ccc(OC(F)(F)F)cc2)c1NCc1ccnc2ccccc12. The van der Waals surface area contributed by atoms with Gasteiger partial charge in [0.25, 0.3) is 5.91 Å². The van der Waals surface area contributed by atoms with Crippen molar-refractivity contribution in [2.45, 2.75) is 19.8 Å².